The molecule has 0 unspecified atom stereocenters. The van der Waals surface area contributed by atoms with Crippen LogP contribution in [0.1, 0.15) is 18.7 Å². The molecular weight excluding hydrogens is 184 g/mol. The first-order valence-corrected chi connectivity index (χ1v) is 4.18. The molecular formula is C9H8N2O3. The van der Waals surface area contributed by atoms with Crippen LogP contribution in [0.5, 0.6) is 0 Å². The summed E-state index contributed by atoms with van der Waals surface area (Å²) in [5.74, 6) is -0.852. The highest BCUT2D eigenvalue weighted by Gasteiger charge is 2.53. The molecule has 0 spiro atoms. The lowest BCUT2D eigenvalue weighted by molar-refractivity contribution is -0.153. The molecule has 1 aliphatic carbocycles. The third-order valence-corrected chi connectivity index (χ3v) is 2.40. The number of nitrogens with zero attached hydrogens (tertiary/aromatic N) is 2. The van der Waals surface area contributed by atoms with E-state index in [0.29, 0.717) is 0 Å². The van der Waals surface area contributed by atoms with Crippen molar-refractivity contribution in [3.63, 3.8) is 0 Å². The number of hydrogen-bond acceptors (Lipinski definition) is 4. The van der Waals surface area contributed by atoms with Crippen LogP contribution in [-0.4, -0.2) is 26.8 Å². The predicted octanol–water partition coefficient (Wildman–Crippen LogP) is 0.162. The number of Topliss-reactive ketones (excluding diaryl/α,β-unsaturated/α-hetero) is 1. The van der Waals surface area contributed by atoms with Crippen molar-refractivity contribution >= 4 is 11.8 Å². The van der Waals surface area contributed by atoms with E-state index < -0.39 is 11.4 Å². The van der Waals surface area contributed by atoms with Crippen LogP contribution in [0.25, 0.3) is 0 Å². The van der Waals surface area contributed by atoms with Gasteiger partial charge in [0.2, 0.25) is 0 Å². The van der Waals surface area contributed by atoms with Gasteiger partial charge in [-0.2, -0.15) is 0 Å². The van der Waals surface area contributed by atoms with Gasteiger partial charge in [0.05, 0.1) is 0 Å². The minimum atomic E-state index is -1.17. The van der Waals surface area contributed by atoms with Gasteiger partial charge in [0, 0.05) is 25.2 Å². The summed E-state index contributed by atoms with van der Waals surface area (Å²) in [6, 6.07) is 1.61. The van der Waals surface area contributed by atoms with Crippen molar-refractivity contribution < 1.29 is 14.7 Å². The Kier molecular flexibility index (Phi) is 1.80. The first-order chi connectivity index (χ1) is 6.65. The summed E-state index contributed by atoms with van der Waals surface area (Å²) in [5, 5.41) is 9.02. The fraction of sp³-hybridized carbons (Fsp3) is 0.333. The standard InChI is InChI=1S/C9H8N2O3/c12-6-4-9(5-6,8(13)14)7-10-2-1-3-11-7/h1-3H,4-5H2,(H,13,14). The lowest BCUT2D eigenvalue weighted by Crippen LogP contribution is -2.49. The number of carboxylic acids is 1. The highest BCUT2D eigenvalue weighted by atomic mass is 16.4. The molecule has 1 N–H and O–H groups in total. The van der Waals surface area contributed by atoms with Gasteiger partial charge in [0.15, 0.2) is 0 Å². The van der Waals surface area contributed by atoms with E-state index in [0.717, 1.165) is 0 Å². The number of rotatable bonds is 2. The van der Waals surface area contributed by atoms with Crippen LogP contribution in [0.4, 0.5) is 0 Å². The highest BCUT2D eigenvalue weighted by molar-refractivity contribution is 6.00. The van der Waals surface area contributed by atoms with E-state index in [2.05, 4.69) is 9.97 Å². The van der Waals surface area contributed by atoms with E-state index in [1.54, 1.807) is 6.07 Å². The van der Waals surface area contributed by atoms with Crippen LogP contribution < -0.4 is 0 Å². The molecule has 0 atom stereocenters. The summed E-state index contributed by atoms with van der Waals surface area (Å²) < 4.78 is 0. The molecule has 1 aromatic rings. The predicted molar refractivity (Wildman–Crippen MR) is 45.6 cm³/mol. The van der Waals surface area contributed by atoms with Gasteiger partial charge in [0.25, 0.3) is 0 Å². The van der Waals surface area contributed by atoms with Crippen molar-refractivity contribution in [3.05, 3.63) is 24.3 Å². The molecule has 1 aliphatic rings. The third-order valence-electron chi connectivity index (χ3n) is 2.40. The maximum absolute atomic E-state index is 11.0. The van der Waals surface area contributed by atoms with Gasteiger partial charge in [-0.15, -0.1) is 0 Å². The average Bonchev–Trinajstić information content (AvgIpc) is 2.13. The monoisotopic (exact) mass is 192 g/mol. The largest absolute Gasteiger partial charge is 0.480 e. The summed E-state index contributed by atoms with van der Waals surface area (Å²) >= 11 is 0. The summed E-state index contributed by atoms with van der Waals surface area (Å²) in [4.78, 5) is 29.7. The second kappa shape index (κ2) is 2.87. The summed E-state index contributed by atoms with van der Waals surface area (Å²) in [6.45, 7) is 0. The van der Waals surface area contributed by atoms with Gasteiger partial charge in [-0.1, -0.05) is 0 Å². The fourth-order valence-electron chi connectivity index (χ4n) is 1.57. The molecule has 0 amide bonds. The van der Waals surface area contributed by atoms with Crippen LogP contribution in [0.3, 0.4) is 0 Å². The zero-order valence-electron chi connectivity index (χ0n) is 7.30. The SMILES string of the molecule is O=C1CC(C(=O)O)(c2ncccn2)C1. The van der Waals surface area contributed by atoms with E-state index in [4.69, 9.17) is 5.11 Å². The molecule has 1 aromatic heterocycles. The first kappa shape index (κ1) is 8.80. The number of ketones is 1. The van der Waals surface area contributed by atoms with Crippen LogP contribution in [-0.2, 0) is 15.0 Å². The Morgan fingerprint density at radius 3 is 2.36 bits per heavy atom. The van der Waals surface area contributed by atoms with Gasteiger partial charge >= 0.3 is 5.97 Å². The third kappa shape index (κ3) is 1.09. The molecule has 0 aromatic carbocycles. The topological polar surface area (TPSA) is 80.2 Å². The number of hydrogen-bond donors (Lipinski definition) is 1. The summed E-state index contributed by atoms with van der Waals surface area (Å²) in [5.41, 5.74) is -1.17. The minimum Gasteiger partial charge on any atom is -0.480 e. The number of carboxylic acid groups (broad SMARTS) is 1. The Balaban J connectivity index is 2.39. The first-order valence-electron chi connectivity index (χ1n) is 4.18. The van der Waals surface area contributed by atoms with Crippen molar-refractivity contribution in [1.29, 1.82) is 0 Å². The molecule has 72 valence electrons. The molecule has 5 nitrogen and oxygen atoms in total. The van der Waals surface area contributed by atoms with E-state index in [9.17, 15) is 9.59 Å². The Morgan fingerprint density at radius 1 is 1.36 bits per heavy atom. The van der Waals surface area contributed by atoms with Crippen molar-refractivity contribution in [2.75, 3.05) is 0 Å². The van der Waals surface area contributed by atoms with E-state index >= 15 is 0 Å². The molecule has 0 radical (unpaired) electrons. The summed E-state index contributed by atoms with van der Waals surface area (Å²) in [7, 11) is 0. The van der Waals surface area contributed by atoms with Crippen molar-refractivity contribution in [3.8, 4) is 0 Å². The Bertz CT molecular complexity index is 380. The normalized spacial score (nSPS) is 18.7. The van der Waals surface area contributed by atoms with E-state index in [1.165, 1.54) is 12.4 Å². The average molecular weight is 192 g/mol. The maximum atomic E-state index is 11.0. The molecule has 5 heteroatoms. The van der Waals surface area contributed by atoms with Crippen molar-refractivity contribution in [1.82, 2.24) is 9.97 Å². The molecule has 1 heterocycles. The number of carbonyl (C=O) groups is 2. The molecule has 14 heavy (non-hydrogen) atoms. The van der Waals surface area contributed by atoms with Crippen LogP contribution >= 0.6 is 0 Å². The molecule has 0 bridgehead atoms. The highest BCUT2D eigenvalue weighted by Crippen LogP contribution is 2.39. The molecule has 2 rings (SSSR count). The Morgan fingerprint density at radius 2 is 1.93 bits per heavy atom. The molecule has 0 saturated heterocycles. The quantitative estimate of drug-likeness (QED) is 0.722. The van der Waals surface area contributed by atoms with Crippen LogP contribution in [0, 0.1) is 0 Å². The van der Waals surface area contributed by atoms with Crippen LogP contribution in [0.2, 0.25) is 0 Å². The van der Waals surface area contributed by atoms with Crippen LogP contribution in [0.15, 0.2) is 18.5 Å². The smallest absolute Gasteiger partial charge is 0.318 e. The fourth-order valence-corrected chi connectivity index (χ4v) is 1.57. The van der Waals surface area contributed by atoms with E-state index in [-0.39, 0.29) is 24.4 Å². The molecule has 1 saturated carbocycles. The lowest BCUT2D eigenvalue weighted by Gasteiger charge is -2.34. The molecule has 1 fully saturated rings. The minimum absolute atomic E-state index is 0.00630. The second-order valence-electron chi connectivity index (χ2n) is 3.35. The Labute approximate surface area is 79.8 Å². The van der Waals surface area contributed by atoms with Gasteiger partial charge in [-0.3, -0.25) is 9.59 Å². The van der Waals surface area contributed by atoms with Crippen molar-refractivity contribution in [2.24, 2.45) is 0 Å². The lowest BCUT2D eigenvalue weighted by atomic mass is 9.67. The Hall–Kier alpha value is -1.78. The van der Waals surface area contributed by atoms with Crippen molar-refractivity contribution in [2.45, 2.75) is 18.3 Å². The number of carbonyl (C=O) groups excluding carboxylic acids is 1. The number of aliphatic carboxylic acids is 1. The second-order valence-corrected chi connectivity index (χ2v) is 3.35. The molecule has 0 aliphatic heterocycles. The van der Waals surface area contributed by atoms with E-state index in [1.807, 2.05) is 0 Å². The van der Waals surface area contributed by atoms with Gasteiger partial charge in [-0.25, -0.2) is 9.97 Å². The maximum Gasteiger partial charge on any atom is 0.318 e. The van der Waals surface area contributed by atoms with Gasteiger partial charge in [-0.05, 0) is 6.07 Å². The zero-order valence-corrected chi connectivity index (χ0v) is 7.30. The number of aromatic nitrogens is 2. The summed E-state index contributed by atoms with van der Waals surface area (Å²) in [6.07, 6.45) is 2.98. The zero-order chi connectivity index (χ0) is 10.2. The van der Waals surface area contributed by atoms with Gasteiger partial charge < -0.3 is 5.11 Å². The van der Waals surface area contributed by atoms with Gasteiger partial charge in [0.1, 0.15) is 17.0 Å².